The first-order valence-electron chi connectivity index (χ1n) is 7.65. The molecule has 20 heavy (non-hydrogen) atoms. The second-order valence-electron chi connectivity index (χ2n) is 5.94. The van der Waals surface area contributed by atoms with Gasteiger partial charge in [0.15, 0.2) is 0 Å². The van der Waals surface area contributed by atoms with Gasteiger partial charge in [-0.3, -0.25) is 4.90 Å². The molecule has 1 aliphatic carbocycles. The van der Waals surface area contributed by atoms with Gasteiger partial charge in [-0.2, -0.15) is 0 Å². The minimum atomic E-state index is 0.490. The Bertz CT molecular complexity index is 454. The summed E-state index contributed by atoms with van der Waals surface area (Å²) in [6.45, 7) is 4.44. The van der Waals surface area contributed by atoms with E-state index in [1.165, 1.54) is 31.2 Å². The number of nitrogens with one attached hydrogen (secondary N) is 1. The number of halogens is 2. The van der Waals surface area contributed by atoms with Crippen molar-refractivity contribution in [3.8, 4) is 0 Å². The fourth-order valence-electron chi connectivity index (χ4n) is 3.72. The maximum Gasteiger partial charge on any atom is 0.0454 e. The molecule has 2 nitrogen and oxygen atoms in total. The van der Waals surface area contributed by atoms with Crippen LogP contribution in [0, 0.1) is 5.92 Å². The zero-order valence-electron chi connectivity index (χ0n) is 11.7. The fraction of sp³-hybridized carbons (Fsp3) is 0.625. The third kappa shape index (κ3) is 3.22. The van der Waals surface area contributed by atoms with Gasteiger partial charge >= 0.3 is 0 Å². The predicted octanol–water partition coefficient (Wildman–Crippen LogP) is 4.24. The van der Waals surface area contributed by atoms with Gasteiger partial charge < -0.3 is 5.32 Å². The maximum atomic E-state index is 6.53. The third-order valence-electron chi connectivity index (χ3n) is 4.67. The monoisotopic (exact) mass is 356 g/mol. The average molecular weight is 358 g/mol. The van der Waals surface area contributed by atoms with E-state index in [0.29, 0.717) is 6.04 Å². The van der Waals surface area contributed by atoms with Gasteiger partial charge in [-0.25, -0.2) is 0 Å². The molecule has 0 bridgehead atoms. The van der Waals surface area contributed by atoms with Crippen LogP contribution in [0.2, 0.25) is 5.02 Å². The van der Waals surface area contributed by atoms with Gasteiger partial charge in [-0.05, 0) is 42.5 Å². The average Bonchev–Trinajstić information content (AvgIpc) is 2.98. The number of hydrogen-bond donors (Lipinski definition) is 1. The first-order valence-corrected chi connectivity index (χ1v) is 8.82. The second kappa shape index (κ2) is 6.78. The number of nitrogens with zero attached hydrogens (tertiary/aromatic N) is 1. The van der Waals surface area contributed by atoms with Crippen LogP contribution in [0.1, 0.15) is 37.3 Å². The molecule has 0 amide bonds. The van der Waals surface area contributed by atoms with Crippen LogP contribution in [0.15, 0.2) is 22.7 Å². The zero-order chi connectivity index (χ0) is 13.9. The molecule has 0 unspecified atom stereocenters. The van der Waals surface area contributed by atoms with Crippen LogP contribution in [0.25, 0.3) is 0 Å². The summed E-state index contributed by atoms with van der Waals surface area (Å²) in [4.78, 5) is 2.64. The molecule has 2 fully saturated rings. The van der Waals surface area contributed by atoms with Crippen molar-refractivity contribution < 1.29 is 0 Å². The van der Waals surface area contributed by atoms with E-state index in [-0.39, 0.29) is 0 Å². The molecule has 1 aromatic rings. The van der Waals surface area contributed by atoms with Crippen molar-refractivity contribution in [3.05, 3.63) is 33.3 Å². The van der Waals surface area contributed by atoms with Crippen LogP contribution in [0.3, 0.4) is 0 Å². The molecule has 1 N–H and O–H groups in total. The Balaban J connectivity index is 1.92. The molecule has 0 radical (unpaired) electrons. The summed E-state index contributed by atoms with van der Waals surface area (Å²) in [6.07, 6.45) is 5.44. The molecule has 0 spiro atoms. The lowest BCUT2D eigenvalue weighted by Gasteiger charge is -2.39. The van der Waals surface area contributed by atoms with E-state index in [0.717, 1.165) is 41.6 Å². The molecule has 110 valence electrons. The lowest BCUT2D eigenvalue weighted by Crippen LogP contribution is -2.46. The quantitative estimate of drug-likeness (QED) is 0.870. The molecule has 1 aliphatic heterocycles. The van der Waals surface area contributed by atoms with Gasteiger partial charge in [0.25, 0.3) is 0 Å². The number of hydrogen-bond acceptors (Lipinski definition) is 2. The van der Waals surface area contributed by atoms with Gasteiger partial charge in [-0.1, -0.05) is 40.4 Å². The maximum absolute atomic E-state index is 6.53. The number of rotatable bonds is 3. The van der Waals surface area contributed by atoms with Crippen molar-refractivity contribution in [2.45, 2.75) is 31.7 Å². The normalized spacial score (nSPS) is 23.1. The lowest BCUT2D eigenvalue weighted by atomic mass is 9.89. The Morgan fingerprint density at radius 3 is 2.60 bits per heavy atom. The van der Waals surface area contributed by atoms with E-state index >= 15 is 0 Å². The molecule has 1 heterocycles. The molecule has 4 heteroatoms. The van der Waals surface area contributed by atoms with E-state index < -0.39 is 0 Å². The summed E-state index contributed by atoms with van der Waals surface area (Å²) < 4.78 is 1.13. The van der Waals surface area contributed by atoms with Crippen LogP contribution in [0.5, 0.6) is 0 Å². The largest absolute Gasteiger partial charge is 0.314 e. The Morgan fingerprint density at radius 1 is 1.20 bits per heavy atom. The van der Waals surface area contributed by atoms with Crippen LogP contribution < -0.4 is 5.32 Å². The van der Waals surface area contributed by atoms with Gasteiger partial charge in [0.05, 0.1) is 0 Å². The van der Waals surface area contributed by atoms with E-state index in [1.54, 1.807) is 0 Å². The van der Waals surface area contributed by atoms with Crippen molar-refractivity contribution in [1.29, 1.82) is 0 Å². The smallest absolute Gasteiger partial charge is 0.0454 e. The Hall–Kier alpha value is -0.0900. The van der Waals surface area contributed by atoms with Crippen molar-refractivity contribution in [2.75, 3.05) is 26.2 Å². The highest BCUT2D eigenvalue weighted by atomic mass is 79.9. The summed E-state index contributed by atoms with van der Waals surface area (Å²) in [5, 5.41) is 4.37. The van der Waals surface area contributed by atoms with Crippen molar-refractivity contribution in [2.24, 2.45) is 5.92 Å². The van der Waals surface area contributed by atoms with Gasteiger partial charge in [0.2, 0.25) is 0 Å². The highest BCUT2D eigenvalue weighted by Crippen LogP contribution is 2.42. The van der Waals surface area contributed by atoms with Gasteiger partial charge in [0.1, 0.15) is 0 Å². The number of benzene rings is 1. The molecular formula is C16H22BrClN2. The molecule has 1 saturated carbocycles. The first-order chi connectivity index (χ1) is 9.75. The summed E-state index contributed by atoms with van der Waals surface area (Å²) in [5.41, 5.74) is 1.31. The van der Waals surface area contributed by atoms with E-state index in [2.05, 4.69) is 32.2 Å². The third-order valence-corrected chi connectivity index (χ3v) is 5.51. The van der Waals surface area contributed by atoms with Gasteiger partial charge in [-0.15, -0.1) is 0 Å². The van der Waals surface area contributed by atoms with E-state index in [4.69, 9.17) is 11.6 Å². The van der Waals surface area contributed by atoms with E-state index in [1.807, 2.05) is 12.1 Å². The van der Waals surface area contributed by atoms with Crippen LogP contribution in [-0.2, 0) is 0 Å². The summed E-state index contributed by atoms with van der Waals surface area (Å²) in [7, 11) is 0. The zero-order valence-corrected chi connectivity index (χ0v) is 14.1. The minimum absolute atomic E-state index is 0.490. The molecular weight excluding hydrogens is 336 g/mol. The summed E-state index contributed by atoms with van der Waals surface area (Å²) in [6, 6.07) is 6.79. The lowest BCUT2D eigenvalue weighted by molar-refractivity contribution is 0.125. The highest BCUT2D eigenvalue weighted by Gasteiger charge is 2.33. The van der Waals surface area contributed by atoms with Crippen molar-refractivity contribution >= 4 is 27.5 Å². The summed E-state index contributed by atoms with van der Waals surface area (Å²) >= 11 is 10.1. The molecule has 1 atom stereocenters. The van der Waals surface area contributed by atoms with Crippen LogP contribution in [0.4, 0.5) is 0 Å². The SMILES string of the molecule is Clc1ccc(Br)cc1[C@H](C1CCCC1)N1CCNCC1. The van der Waals surface area contributed by atoms with Crippen LogP contribution >= 0.6 is 27.5 Å². The second-order valence-corrected chi connectivity index (χ2v) is 7.26. The van der Waals surface area contributed by atoms with Crippen molar-refractivity contribution in [1.82, 2.24) is 10.2 Å². The Kier molecular flexibility index (Phi) is 5.03. The molecule has 2 aliphatic rings. The fourth-order valence-corrected chi connectivity index (χ4v) is 4.33. The van der Waals surface area contributed by atoms with Crippen LogP contribution in [-0.4, -0.2) is 31.1 Å². The van der Waals surface area contributed by atoms with E-state index in [9.17, 15) is 0 Å². The number of piperazine rings is 1. The van der Waals surface area contributed by atoms with Crippen molar-refractivity contribution in [3.63, 3.8) is 0 Å². The molecule has 3 rings (SSSR count). The highest BCUT2D eigenvalue weighted by molar-refractivity contribution is 9.10. The predicted molar refractivity (Wildman–Crippen MR) is 88.3 cm³/mol. The standard InChI is InChI=1S/C16H22BrClN2/c17-13-5-6-15(18)14(11-13)16(12-3-1-2-4-12)20-9-7-19-8-10-20/h5-6,11-12,16,19H,1-4,7-10H2/t16-/m0/s1. The minimum Gasteiger partial charge on any atom is -0.314 e. The Labute approximate surface area is 135 Å². The topological polar surface area (TPSA) is 15.3 Å². The summed E-state index contributed by atoms with van der Waals surface area (Å²) in [5.74, 6) is 0.764. The molecule has 1 aromatic carbocycles. The molecule has 0 aromatic heterocycles. The Morgan fingerprint density at radius 2 is 1.90 bits per heavy atom. The molecule has 1 saturated heterocycles. The first kappa shape index (κ1) is 14.8. The van der Waals surface area contributed by atoms with Gasteiger partial charge in [0, 0.05) is 41.7 Å².